The van der Waals surface area contributed by atoms with Crippen LogP contribution in [-0.2, 0) is 40.0 Å². The lowest BCUT2D eigenvalue weighted by molar-refractivity contribution is -0.143. The van der Waals surface area contributed by atoms with Gasteiger partial charge in [0.2, 0.25) is 17.7 Å². The molecule has 4 atom stereocenters. The third-order valence-corrected chi connectivity index (χ3v) is 9.56. The number of nitrogens with two attached hydrogens (primary N) is 1. The summed E-state index contributed by atoms with van der Waals surface area (Å²) in [5, 5.41) is 30.2. The largest absolute Gasteiger partial charge is 0.481 e. The lowest BCUT2D eigenvalue weighted by Crippen LogP contribution is -2.52. The fraction of sp³-hybridized carbons (Fsp3) is 0.625. The Labute approximate surface area is 323 Å². The highest BCUT2D eigenvalue weighted by Gasteiger charge is 2.29. The quantitative estimate of drug-likeness (QED) is 0.0515. The number of rotatable bonds is 31. The minimum atomic E-state index is -1.45. The molecule has 0 unspecified atom stereocenters. The Balaban J connectivity index is 1.91. The fourth-order valence-electron chi connectivity index (χ4n) is 6.37. The van der Waals surface area contributed by atoms with Crippen LogP contribution in [0.3, 0.4) is 0 Å². The highest BCUT2D eigenvalue weighted by atomic mass is 16.4. The van der Waals surface area contributed by atoms with Crippen LogP contribution in [0.4, 0.5) is 0 Å². The van der Waals surface area contributed by atoms with E-state index in [9.17, 15) is 38.7 Å². The van der Waals surface area contributed by atoms with E-state index >= 15 is 0 Å². The van der Waals surface area contributed by atoms with Gasteiger partial charge in [0.05, 0.1) is 6.04 Å². The van der Waals surface area contributed by atoms with Gasteiger partial charge in [0.15, 0.2) is 0 Å². The number of amides is 3. The molecule has 306 valence electrons. The summed E-state index contributed by atoms with van der Waals surface area (Å²) in [5.41, 5.74) is 7.95. The number of carbonyl (C=O) groups excluding carboxylic acids is 5. The number of nitrogens with one attached hydrogen (secondary N) is 5. The molecule has 0 bridgehead atoms. The van der Waals surface area contributed by atoms with E-state index in [1.165, 1.54) is 32.1 Å². The summed E-state index contributed by atoms with van der Waals surface area (Å²) in [6, 6.07) is 4.01. The smallest absolute Gasteiger partial charge is 0.326 e. The summed E-state index contributed by atoms with van der Waals surface area (Å²) >= 11 is 0. The number of H-pyrrole nitrogens is 1. The number of aromatic nitrogens is 1. The summed E-state index contributed by atoms with van der Waals surface area (Å²) in [5.74, 6) is -5.37. The first-order chi connectivity index (χ1) is 26.3. The summed E-state index contributed by atoms with van der Waals surface area (Å²) in [6.45, 7) is 4.28. The van der Waals surface area contributed by atoms with Gasteiger partial charge in [-0.1, -0.05) is 63.6 Å². The lowest BCUT2D eigenvalue weighted by Gasteiger charge is -2.22. The summed E-state index contributed by atoms with van der Waals surface area (Å²) in [7, 11) is 0. The molecule has 0 saturated carbocycles. The Morgan fingerprint density at radius 1 is 0.764 bits per heavy atom. The van der Waals surface area contributed by atoms with Crippen LogP contribution in [0.1, 0.15) is 116 Å². The van der Waals surface area contributed by atoms with Gasteiger partial charge in [0.25, 0.3) is 0 Å². The van der Waals surface area contributed by atoms with Gasteiger partial charge in [-0.3, -0.25) is 28.8 Å². The van der Waals surface area contributed by atoms with Crippen molar-refractivity contribution in [3.8, 4) is 0 Å². The van der Waals surface area contributed by atoms with Gasteiger partial charge in [0.1, 0.15) is 23.7 Å². The molecule has 0 aliphatic carbocycles. The third-order valence-electron chi connectivity index (χ3n) is 9.56. The zero-order valence-electron chi connectivity index (χ0n) is 32.5. The molecule has 0 aliphatic rings. The van der Waals surface area contributed by atoms with E-state index in [-0.39, 0.29) is 43.8 Å². The number of fused-ring (bicyclic) bond motifs is 1. The Kier molecular flexibility index (Phi) is 22.2. The molecule has 15 nitrogen and oxygen atoms in total. The van der Waals surface area contributed by atoms with Gasteiger partial charge in [-0.2, -0.15) is 0 Å². The molecule has 2 rings (SSSR count). The number of unbranched alkanes of at least 4 members (excludes halogenated alkanes) is 6. The number of aliphatic carboxylic acids is 2. The zero-order chi connectivity index (χ0) is 40.6. The number of para-hydroxylation sites is 1. The molecule has 55 heavy (non-hydrogen) atoms. The second-order valence-corrected chi connectivity index (χ2v) is 14.3. The molecule has 0 saturated heterocycles. The van der Waals surface area contributed by atoms with Gasteiger partial charge < -0.3 is 42.2 Å². The van der Waals surface area contributed by atoms with E-state index in [0.29, 0.717) is 38.8 Å². The van der Waals surface area contributed by atoms with E-state index in [1.54, 1.807) is 6.20 Å². The maximum absolute atomic E-state index is 13.5. The van der Waals surface area contributed by atoms with Crippen LogP contribution in [-0.4, -0.2) is 94.2 Å². The molecule has 1 aromatic carbocycles. The monoisotopic (exact) mass is 770 g/mol. The first-order valence-corrected chi connectivity index (χ1v) is 19.7. The molecule has 1 heterocycles. The van der Waals surface area contributed by atoms with Crippen molar-refractivity contribution in [3.63, 3.8) is 0 Å². The minimum Gasteiger partial charge on any atom is -0.481 e. The number of carboxylic acid groups (broad SMARTS) is 2. The molecule has 1 aromatic heterocycles. The van der Waals surface area contributed by atoms with Gasteiger partial charge >= 0.3 is 11.9 Å². The molecule has 0 aliphatic heterocycles. The highest BCUT2D eigenvalue weighted by molar-refractivity contribution is 5.92. The van der Waals surface area contributed by atoms with E-state index in [4.69, 9.17) is 10.8 Å². The van der Waals surface area contributed by atoms with Crippen LogP contribution in [0.5, 0.6) is 0 Å². The molecule has 0 fully saturated rings. The number of hydrogen-bond donors (Lipinski definition) is 8. The van der Waals surface area contributed by atoms with Crippen LogP contribution in [0.25, 0.3) is 10.9 Å². The number of benzene rings is 1. The van der Waals surface area contributed by atoms with Crippen LogP contribution >= 0.6 is 0 Å². The number of hydrogen-bond acceptors (Lipinski definition) is 9. The van der Waals surface area contributed by atoms with E-state index < -0.39 is 60.1 Å². The topological polar surface area (TPSA) is 250 Å². The number of Topliss-reactive ketones (excluding diaryl/α,β-unsaturated/α-hetero) is 2. The van der Waals surface area contributed by atoms with Crippen molar-refractivity contribution >= 4 is 52.1 Å². The molecule has 2 aromatic rings. The van der Waals surface area contributed by atoms with Gasteiger partial charge in [-0.05, 0) is 63.2 Å². The van der Waals surface area contributed by atoms with Crippen molar-refractivity contribution in [3.05, 3.63) is 36.0 Å². The molecular formula is C40H62N6O9. The molecule has 15 heteroatoms. The normalized spacial score (nSPS) is 13.4. The average Bonchev–Trinajstić information content (AvgIpc) is 3.55. The second-order valence-electron chi connectivity index (χ2n) is 14.3. The molecule has 3 amide bonds. The Bertz CT molecular complexity index is 1540. The highest BCUT2D eigenvalue weighted by Crippen LogP contribution is 2.23. The predicted molar refractivity (Wildman–Crippen MR) is 209 cm³/mol. The van der Waals surface area contributed by atoms with Crippen molar-refractivity contribution in [2.75, 3.05) is 19.6 Å². The minimum absolute atomic E-state index is 0.152. The number of carbonyl (C=O) groups is 7. The van der Waals surface area contributed by atoms with Crippen molar-refractivity contribution in [1.29, 1.82) is 0 Å². The van der Waals surface area contributed by atoms with Crippen molar-refractivity contribution in [2.45, 2.75) is 135 Å². The molecule has 0 radical (unpaired) electrons. The standard InChI is InChI=1S/C40H62N6O9/c1-3-4-5-6-7-8-9-13-30(48)14-12-21-42-22-19-32(41)36(49)25-28(24-29-26-44-33-16-11-10-15-31(29)33)38(52)43-23-20-35(40(54)55)46-39(53)34(45-27(2)47)17-18-37(50)51/h10-11,15-16,26,28,32,34-35,42,44H,3-9,12-14,17-25,41H2,1-2H3,(H,43,52)(H,45,47)(H,46,53)(H,50,51)(H,54,55)/t28-,32-,34+,35+/m0/s1. The lowest BCUT2D eigenvalue weighted by atomic mass is 9.90. The number of ketones is 2. The first kappa shape index (κ1) is 46.5. The van der Waals surface area contributed by atoms with Gasteiger partial charge in [-0.25, -0.2) is 4.79 Å². The van der Waals surface area contributed by atoms with Gasteiger partial charge in [0, 0.05) is 62.2 Å². The van der Waals surface area contributed by atoms with Crippen LogP contribution < -0.4 is 27.0 Å². The summed E-state index contributed by atoms with van der Waals surface area (Å²) < 4.78 is 0. The number of carboxylic acids is 2. The Hall–Kier alpha value is -4.63. The molecule has 9 N–H and O–H groups in total. The van der Waals surface area contributed by atoms with Crippen LogP contribution in [0.15, 0.2) is 30.5 Å². The SMILES string of the molecule is CCCCCCCCCC(=O)CCCNCC[C@H](N)C(=O)C[C@H](Cc1c[nH]c2ccccc12)C(=O)NCC[C@@H](NC(=O)[C@@H](CCC(=O)O)NC(C)=O)C(=O)O. The third kappa shape index (κ3) is 19.0. The maximum Gasteiger partial charge on any atom is 0.326 e. The molecule has 0 spiro atoms. The van der Waals surface area contributed by atoms with Crippen molar-refractivity contribution in [2.24, 2.45) is 11.7 Å². The Morgan fingerprint density at radius 3 is 2.15 bits per heavy atom. The first-order valence-electron chi connectivity index (χ1n) is 19.7. The fourth-order valence-corrected chi connectivity index (χ4v) is 6.37. The number of aromatic amines is 1. The zero-order valence-corrected chi connectivity index (χ0v) is 32.5. The average molecular weight is 771 g/mol. The van der Waals surface area contributed by atoms with Crippen molar-refractivity contribution in [1.82, 2.24) is 26.3 Å². The van der Waals surface area contributed by atoms with E-state index in [0.717, 1.165) is 36.2 Å². The van der Waals surface area contributed by atoms with Crippen molar-refractivity contribution < 1.29 is 43.8 Å². The predicted octanol–water partition coefficient (Wildman–Crippen LogP) is 3.53. The Morgan fingerprint density at radius 2 is 1.45 bits per heavy atom. The molecular weight excluding hydrogens is 708 g/mol. The van der Waals surface area contributed by atoms with E-state index in [2.05, 4.69) is 33.2 Å². The maximum atomic E-state index is 13.5. The van der Waals surface area contributed by atoms with E-state index in [1.807, 2.05) is 24.3 Å². The second kappa shape index (κ2) is 26.2. The summed E-state index contributed by atoms with van der Waals surface area (Å²) in [6.07, 6.45) is 11.3. The van der Waals surface area contributed by atoms with Gasteiger partial charge in [-0.15, -0.1) is 0 Å². The van der Waals surface area contributed by atoms with Crippen LogP contribution in [0, 0.1) is 5.92 Å². The summed E-state index contributed by atoms with van der Waals surface area (Å²) in [4.78, 5) is 89.6. The van der Waals surface area contributed by atoms with Crippen LogP contribution in [0.2, 0.25) is 0 Å².